The quantitative estimate of drug-likeness (QED) is 0.824. The maximum absolute atomic E-state index is 9.90. The SMILES string of the molecule is CCCC(O)C1Cc2ccccc2S1. The molecule has 1 aliphatic rings. The molecule has 0 fully saturated rings. The van der Waals surface area contributed by atoms with E-state index in [1.54, 1.807) is 0 Å². The second-order valence-electron chi connectivity index (χ2n) is 3.82. The normalized spacial score (nSPS) is 22.0. The van der Waals surface area contributed by atoms with Crippen molar-refractivity contribution in [1.29, 1.82) is 0 Å². The van der Waals surface area contributed by atoms with Crippen molar-refractivity contribution in [3.63, 3.8) is 0 Å². The summed E-state index contributed by atoms with van der Waals surface area (Å²) in [4.78, 5) is 1.35. The van der Waals surface area contributed by atoms with Gasteiger partial charge in [0.25, 0.3) is 0 Å². The Morgan fingerprint density at radius 1 is 1.50 bits per heavy atom. The molecule has 2 heteroatoms. The average Bonchev–Trinajstić information content (AvgIpc) is 2.61. The summed E-state index contributed by atoms with van der Waals surface area (Å²) in [5.41, 5.74) is 1.40. The van der Waals surface area contributed by atoms with Crippen molar-refractivity contribution >= 4 is 11.8 Å². The summed E-state index contributed by atoms with van der Waals surface area (Å²) < 4.78 is 0. The molecule has 0 aliphatic carbocycles. The number of thioether (sulfide) groups is 1. The Morgan fingerprint density at radius 3 is 3.00 bits per heavy atom. The molecule has 2 unspecified atom stereocenters. The summed E-state index contributed by atoms with van der Waals surface area (Å²) in [7, 11) is 0. The fourth-order valence-corrected chi connectivity index (χ4v) is 3.25. The molecule has 1 aromatic rings. The van der Waals surface area contributed by atoms with Gasteiger partial charge in [-0.15, -0.1) is 11.8 Å². The number of benzene rings is 1. The number of aliphatic hydroxyl groups is 1. The van der Waals surface area contributed by atoms with Gasteiger partial charge in [0.15, 0.2) is 0 Å². The summed E-state index contributed by atoms with van der Waals surface area (Å²) in [6.07, 6.45) is 2.87. The summed E-state index contributed by atoms with van der Waals surface area (Å²) in [5, 5.41) is 10.3. The Kier molecular flexibility index (Phi) is 3.14. The monoisotopic (exact) mass is 208 g/mol. The smallest absolute Gasteiger partial charge is 0.0665 e. The molecular weight excluding hydrogens is 192 g/mol. The molecule has 0 saturated carbocycles. The lowest BCUT2D eigenvalue weighted by Gasteiger charge is -2.15. The maximum Gasteiger partial charge on any atom is 0.0665 e. The molecule has 0 amide bonds. The van der Waals surface area contributed by atoms with E-state index in [2.05, 4.69) is 31.2 Å². The number of rotatable bonds is 3. The molecule has 0 bridgehead atoms. The Bertz CT molecular complexity index is 286. The van der Waals surface area contributed by atoms with Gasteiger partial charge in [0.05, 0.1) is 6.10 Å². The van der Waals surface area contributed by atoms with Crippen molar-refractivity contribution in [3.8, 4) is 0 Å². The second-order valence-corrected chi connectivity index (χ2v) is 5.11. The second kappa shape index (κ2) is 4.37. The minimum atomic E-state index is -0.141. The third-order valence-electron chi connectivity index (χ3n) is 2.69. The van der Waals surface area contributed by atoms with Crippen LogP contribution in [0.2, 0.25) is 0 Å². The molecule has 1 N–H and O–H groups in total. The minimum absolute atomic E-state index is 0.141. The van der Waals surface area contributed by atoms with Crippen molar-refractivity contribution in [1.82, 2.24) is 0 Å². The molecule has 1 aliphatic heterocycles. The molecule has 76 valence electrons. The third kappa shape index (κ3) is 1.96. The van der Waals surface area contributed by atoms with E-state index in [-0.39, 0.29) is 6.10 Å². The first-order valence-electron chi connectivity index (χ1n) is 5.24. The molecule has 1 aromatic carbocycles. The first-order valence-corrected chi connectivity index (χ1v) is 6.12. The Labute approximate surface area is 89.5 Å². The summed E-state index contributed by atoms with van der Waals surface area (Å²) in [6, 6.07) is 8.47. The van der Waals surface area contributed by atoms with E-state index in [1.165, 1.54) is 10.5 Å². The van der Waals surface area contributed by atoms with E-state index in [9.17, 15) is 5.11 Å². The minimum Gasteiger partial charge on any atom is -0.392 e. The lowest BCUT2D eigenvalue weighted by molar-refractivity contribution is 0.161. The van der Waals surface area contributed by atoms with Gasteiger partial charge in [0.1, 0.15) is 0 Å². The van der Waals surface area contributed by atoms with Gasteiger partial charge in [-0.25, -0.2) is 0 Å². The predicted molar refractivity (Wildman–Crippen MR) is 60.7 cm³/mol. The average molecular weight is 208 g/mol. The topological polar surface area (TPSA) is 20.2 Å². The molecule has 0 radical (unpaired) electrons. The molecular formula is C12H16OS. The van der Waals surface area contributed by atoms with E-state index in [0.29, 0.717) is 5.25 Å². The fourth-order valence-electron chi connectivity index (χ4n) is 1.91. The highest BCUT2D eigenvalue weighted by atomic mass is 32.2. The van der Waals surface area contributed by atoms with Crippen LogP contribution in [-0.4, -0.2) is 16.5 Å². The van der Waals surface area contributed by atoms with Crippen LogP contribution in [0.3, 0.4) is 0 Å². The van der Waals surface area contributed by atoms with E-state index >= 15 is 0 Å². The molecule has 2 atom stereocenters. The highest BCUT2D eigenvalue weighted by Crippen LogP contribution is 2.38. The first kappa shape index (κ1) is 10.1. The molecule has 1 nitrogen and oxygen atoms in total. The number of hydrogen-bond acceptors (Lipinski definition) is 2. The molecule has 0 spiro atoms. The number of aliphatic hydroxyl groups excluding tert-OH is 1. The Hall–Kier alpha value is -0.470. The van der Waals surface area contributed by atoms with Crippen molar-refractivity contribution in [3.05, 3.63) is 29.8 Å². The number of fused-ring (bicyclic) bond motifs is 1. The third-order valence-corrected chi connectivity index (χ3v) is 4.12. The largest absolute Gasteiger partial charge is 0.392 e. The van der Waals surface area contributed by atoms with Gasteiger partial charge in [-0.1, -0.05) is 31.5 Å². The lowest BCUT2D eigenvalue weighted by atomic mass is 10.0. The Balaban J connectivity index is 2.04. The van der Waals surface area contributed by atoms with Crippen molar-refractivity contribution < 1.29 is 5.11 Å². The summed E-state index contributed by atoms with van der Waals surface area (Å²) in [5.74, 6) is 0. The fraction of sp³-hybridized carbons (Fsp3) is 0.500. The van der Waals surface area contributed by atoms with Gasteiger partial charge in [-0.2, -0.15) is 0 Å². The summed E-state index contributed by atoms with van der Waals surface area (Å²) >= 11 is 1.83. The van der Waals surface area contributed by atoms with Crippen LogP contribution in [0.1, 0.15) is 25.3 Å². The van der Waals surface area contributed by atoms with Crippen LogP contribution < -0.4 is 0 Å². The van der Waals surface area contributed by atoms with Crippen LogP contribution in [0, 0.1) is 0 Å². The van der Waals surface area contributed by atoms with Gasteiger partial charge >= 0.3 is 0 Å². The standard InChI is InChI=1S/C12H16OS/c1-2-5-10(13)12-8-9-6-3-4-7-11(9)14-12/h3-4,6-7,10,12-13H,2,5,8H2,1H3. The van der Waals surface area contributed by atoms with Crippen LogP contribution in [0.25, 0.3) is 0 Å². The van der Waals surface area contributed by atoms with Gasteiger partial charge in [-0.05, 0) is 24.5 Å². The maximum atomic E-state index is 9.90. The van der Waals surface area contributed by atoms with E-state index in [1.807, 2.05) is 11.8 Å². The molecule has 0 saturated heterocycles. The van der Waals surface area contributed by atoms with Gasteiger partial charge in [0, 0.05) is 10.1 Å². The van der Waals surface area contributed by atoms with Crippen molar-refractivity contribution in [2.24, 2.45) is 0 Å². The van der Waals surface area contributed by atoms with Crippen LogP contribution in [-0.2, 0) is 6.42 Å². The molecule has 1 heterocycles. The van der Waals surface area contributed by atoms with E-state index < -0.39 is 0 Å². The number of hydrogen-bond donors (Lipinski definition) is 1. The van der Waals surface area contributed by atoms with Gasteiger partial charge < -0.3 is 5.11 Å². The van der Waals surface area contributed by atoms with E-state index in [4.69, 9.17) is 0 Å². The molecule has 2 rings (SSSR count). The molecule has 14 heavy (non-hydrogen) atoms. The highest BCUT2D eigenvalue weighted by molar-refractivity contribution is 8.00. The summed E-state index contributed by atoms with van der Waals surface area (Å²) in [6.45, 7) is 2.12. The van der Waals surface area contributed by atoms with Crippen LogP contribution in [0.5, 0.6) is 0 Å². The van der Waals surface area contributed by atoms with Gasteiger partial charge in [0.2, 0.25) is 0 Å². The highest BCUT2D eigenvalue weighted by Gasteiger charge is 2.27. The zero-order valence-electron chi connectivity index (χ0n) is 8.44. The van der Waals surface area contributed by atoms with Crippen LogP contribution in [0.15, 0.2) is 29.2 Å². The lowest BCUT2D eigenvalue weighted by Crippen LogP contribution is -2.21. The van der Waals surface area contributed by atoms with Crippen LogP contribution in [0.4, 0.5) is 0 Å². The van der Waals surface area contributed by atoms with Gasteiger partial charge in [-0.3, -0.25) is 0 Å². The zero-order chi connectivity index (χ0) is 9.97. The van der Waals surface area contributed by atoms with Crippen molar-refractivity contribution in [2.45, 2.75) is 42.4 Å². The van der Waals surface area contributed by atoms with Crippen molar-refractivity contribution in [2.75, 3.05) is 0 Å². The zero-order valence-corrected chi connectivity index (χ0v) is 9.26. The van der Waals surface area contributed by atoms with E-state index in [0.717, 1.165) is 19.3 Å². The first-order chi connectivity index (χ1) is 6.81. The Morgan fingerprint density at radius 2 is 2.29 bits per heavy atom. The van der Waals surface area contributed by atoms with Crippen LogP contribution >= 0.6 is 11.8 Å². The molecule has 0 aromatic heterocycles. The predicted octanol–water partition coefficient (Wildman–Crippen LogP) is 2.86.